The zero-order chi connectivity index (χ0) is 14.8. The average molecular weight is 291 g/mol. The van der Waals surface area contributed by atoms with Crippen molar-refractivity contribution in [3.8, 4) is 0 Å². The molecule has 0 amide bonds. The van der Waals surface area contributed by atoms with Crippen LogP contribution in [0.2, 0.25) is 0 Å². The lowest BCUT2D eigenvalue weighted by molar-refractivity contribution is -0.383. The summed E-state index contributed by atoms with van der Waals surface area (Å²) in [5, 5.41) is 22.0. The highest BCUT2D eigenvalue weighted by Crippen LogP contribution is 2.31. The van der Waals surface area contributed by atoms with E-state index in [-0.39, 0.29) is 11.2 Å². The van der Waals surface area contributed by atoms with Crippen molar-refractivity contribution in [2.45, 2.75) is 25.8 Å². The van der Waals surface area contributed by atoms with E-state index in [4.69, 9.17) is 4.63 Å². The summed E-state index contributed by atoms with van der Waals surface area (Å²) in [6, 6.07) is 3.63. The third-order valence-corrected chi connectivity index (χ3v) is 3.90. The van der Waals surface area contributed by atoms with Gasteiger partial charge in [-0.1, -0.05) is 0 Å². The molecule has 1 saturated heterocycles. The van der Waals surface area contributed by atoms with Crippen LogP contribution in [0, 0.1) is 10.1 Å². The molecule has 8 heteroatoms. The van der Waals surface area contributed by atoms with E-state index in [0.29, 0.717) is 11.6 Å². The van der Waals surface area contributed by atoms with Crippen LogP contribution in [-0.2, 0) is 0 Å². The summed E-state index contributed by atoms with van der Waals surface area (Å²) >= 11 is 0. The van der Waals surface area contributed by atoms with Crippen molar-refractivity contribution >= 4 is 22.4 Å². The van der Waals surface area contributed by atoms with Crippen LogP contribution in [0.3, 0.4) is 0 Å². The summed E-state index contributed by atoms with van der Waals surface area (Å²) in [6.07, 6.45) is 2.33. The molecule has 0 radical (unpaired) electrons. The van der Waals surface area contributed by atoms with E-state index in [2.05, 4.69) is 27.5 Å². The molecule has 112 valence electrons. The van der Waals surface area contributed by atoms with Crippen LogP contribution in [0.4, 0.5) is 11.4 Å². The van der Waals surface area contributed by atoms with Crippen LogP contribution < -0.4 is 10.2 Å². The van der Waals surface area contributed by atoms with Gasteiger partial charge in [-0.25, -0.2) is 4.63 Å². The molecule has 1 aliphatic rings. The number of anilines is 1. The number of rotatable bonds is 5. The minimum Gasteiger partial charge on any atom is -0.368 e. The van der Waals surface area contributed by atoms with Crippen molar-refractivity contribution in [3.63, 3.8) is 0 Å². The Morgan fingerprint density at radius 2 is 2.29 bits per heavy atom. The average Bonchev–Trinajstić information content (AvgIpc) is 3.14. The van der Waals surface area contributed by atoms with Crippen LogP contribution in [-0.4, -0.2) is 40.9 Å². The Morgan fingerprint density at radius 3 is 2.95 bits per heavy atom. The van der Waals surface area contributed by atoms with Gasteiger partial charge in [0.2, 0.25) is 5.52 Å². The highest BCUT2D eigenvalue weighted by atomic mass is 16.6. The lowest BCUT2D eigenvalue weighted by atomic mass is 10.1. The molecule has 1 unspecified atom stereocenters. The standard InChI is InChI=1S/C13H17N5O3/c1-2-17(8-9-4-3-7-14-9)10-5-6-11(18(19)20)13-12(10)15-21-16-13/h5-6,9,14H,2-4,7-8H2,1H3. The number of nitro groups is 1. The monoisotopic (exact) mass is 291 g/mol. The number of benzene rings is 1. The fourth-order valence-electron chi connectivity index (χ4n) is 2.82. The number of non-ortho nitro benzene ring substituents is 1. The Balaban J connectivity index is 1.96. The number of nitrogens with zero attached hydrogens (tertiary/aromatic N) is 4. The molecule has 3 rings (SSSR count). The molecule has 21 heavy (non-hydrogen) atoms. The van der Waals surface area contributed by atoms with E-state index in [1.807, 2.05) is 0 Å². The maximum atomic E-state index is 11.0. The molecule has 0 aliphatic carbocycles. The van der Waals surface area contributed by atoms with Gasteiger partial charge in [0.25, 0.3) is 0 Å². The van der Waals surface area contributed by atoms with E-state index >= 15 is 0 Å². The SMILES string of the molecule is CCN(CC1CCCN1)c1ccc([N+](=O)[O-])c2nonc12. The number of hydrogen-bond donors (Lipinski definition) is 1. The van der Waals surface area contributed by atoms with Crippen molar-refractivity contribution in [1.82, 2.24) is 15.6 Å². The summed E-state index contributed by atoms with van der Waals surface area (Å²) in [4.78, 5) is 12.7. The highest BCUT2D eigenvalue weighted by molar-refractivity contribution is 5.93. The Kier molecular flexibility index (Phi) is 3.70. The quantitative estimate of drug-likeness (QED) is 0.661. The molecule has 0 bridgehead atoms. The van der Waals surface area contributed by atoms with Gasteiger partial charge < -0.3 is 10.2 Å². The van der Waals surface area contributed by atoms with Crippen molar-refractivity contribution in [3.05, 3.63) is 22.2 Å². The number of fused-ring (bicyclic) bond motifs is 1. The maximum absolute atomic E-state index is 11.0. The minimum atomic E-state index is -0.467. The van der Waals surface area contributed by atoms with Crippen molar-refractivity contribution in [1.29, 1.82) is 0 Å². The molecule has 1 atom stereocenters. The van der Waals surface area contributed by atoms with Gasteiger partial charge in [0, 0.05) is 25.2 Å². The van der Waals surface area contributed by atoms with Gasteiger partial charge in [-0.2, -0.15) is 0 Å². The predicted molar refractivity (Wildman–Crippen MR) is 77.4 cm³/mol. The number of nitro benzene ring substituents is 1. The van der Waals surface area contributed by atoms with Crippen LogP contribution in [0.5, 0.6) is 0 Å². The van der Waals surface area contributed by atoms with E-state index in [1.54, 1.807) is 6.07 Å². The Bertz CT molecular complexity index is 650. The summed E-state index contributed by atoms with van der Waals surface area (Å²) in [5.41, 5.74) is 1.40. The lowest BCUT2D eigenvalue weighted by Gasteiger charge is -2.26. The fourth-order valence-corrected chi connectivity index (χ4v) is 2.82. The smallest absolute Gasteiger partial charge is 0.300 e. The zero-order valence-corrected chi connectivity index (χ0v) is 11.8. The van der Waals surface area contributed by atoms with Gasteiger partial charge >= 0.3 is 5.69 Å². The molecule has 1 aliphatic heterocycles. The Morgan fingerprint density at radius 1 is 1.48 bits per heavy atom. The van der Waals surface area contributed by atoms with Gasteiger partial charge in [0.15, 0.2) is 5.52 Å². The summed E-state index contributed by atoms with van der Waals surface area (Å²) in [5.74, 6) is 0. The molecule has 0 saturated carbocycles. The number of hydrogen-bond acceptors (Lipinski definition) is 7. The third kappa shape index (κ3) is 2.54. The van der Waals surface area contributed by atoms with E-state index in [9.17, 15) is 10.1 Å². The van der Waals surface area contributed by atoms with Crippen molar-refractivity contribution in [2.24, 2.45) is 0 Å². The highest BCUT2D eigenvalue weighted by Gasteiger charge is 2.24. The summed E-state index contributed by atoms with van der Waals surface area (Å²) < 4.78 is 4.71. The first-order chi connectivity index (χ1) is 10.2. The first-order valence-electron chi connectivity index (χ1n) is 7.08. The van der Waals surface area contributed by atoms with Crippen LogP contribution in [0.15, 0.2) is 16.8 Å². The Hall–Kier alpha value is -2.22. The first-order valence-corrected chi connectivity index (χ1v) is 7.08. The third-order valence-electron chi connectivity index (χ3n) is 3.90. The Labute approximate surface area is 121 Å². The van der Waals surface area contributed by atoms with Crippen LogP contribution in [0.1, 0.15) is 19.8 Å². The molecule has 0 spiro atoms. The predicted octanol–water partition coefficient (Wildman–Crippen LogP) is 1.71. The van der Waals surface area contributed by atoms with Gasteiger partial charge in [-0.15, -0.1) is 0 Å². The molecular formula is C13H17N5O3. The van der Waals surface area contributed by atoms with Crippen LogP contribution in [0.25, 0.3) is 11.0 Å². The van der Waals surface area contributed by atoms with Gasteiger partial charge in [-0.3, -0.25) is 10.1 Å². The molecule has 2 aromatic rings. The number of nitrogens with one attached hydrogen (secondary N) is 1. The van der Waals surface area contributed by atoms with E-state index < -0.39 is 4.92 Å². The fraction of sp³-hybridized carbons (Fsp3) is 0.538. The largest absolute Gasteiger partial charge is 0.368 e. The topological polar surface area (TPSA) is 97.3 Å². The first kappa shape index (κ1) is 13.7. The van der Waals surface area contributed by atoms with Gasteiger partial charge in [0.1, 0.15) is 0 Å². The number of aromatic nitrogens is 2. The minimum absolute atomic E-state index is 0.0787. The van der Waals surface area contributed by atoms with E-state index in [1.165, 1.54) is 12.5 Å². The molecule has 1 aromatic carbocycles. The molecule has 1 fully saturated rings. The summed E-state index contributed by atoms with van der Waals surface area (Å²) in [7, 11) is 0. The normalized spacial score (nSPS) is 18.2. The lowest BCUT2D eigenvalue weighted by Crippen LogP contribution is -2.37. The molecule has 1 N–H and O–H groups in total. The molecule has 8 nitrogen and oxygen atoms in total. The zero-order valence-electron chi connectivity index (χ0n) is 11.8. The molecular weight excluding hydrogens is 274 g/mol. The van der Waals surface area contributed by atoms with Crippen molar-refractivity contribution in [2.75, 3.05) is 24.5 Å². The molecule has 1 aromatic heterocycles. The van der Waals surface area contributed by atoms with Crippen molar-refractivity contribution < 1.29 is 9.55 Å². The number of likely N-dealkylation sites (N-methyl/N-ethyl adjacent to an activating group) is 1. The summed E-state index contributed by atoms with van der Waals surface area (Å²) in [6.45, 7) is 4.73. The second-order valence-corrected chi connectivity index (χ2v) is 5.15. The maximum Gasteiger partial charge on any atom is 0.300 e. The van der Waals surface area contributed by atoms with Crippen LogP contribution >= 0.6 is 0 Å². The van der Waals surface area contributed by atoms with Gasteiger partial charge in [0.05, 0.1) is 10.6 Å². The van der Waals surface area contributed by atoms with E-state index in [0.717, 1.165) is 31.7 Å². The van der Waals surface area contributed by atoms with Gasteiger partial charge in [-0.05, 0) is 42.7 Å². The second kappa shape index (κ2) is 5.65. The molecule has 2 heterocycles. The second-order valence-electron chi connectivity index (χ2n) is 5.15.